The maximum Gasteiger partial charge on any atom is 0.419 e. The summed E-state index contributed by atoms with van der Waals surface area (Å²) in [4.78, 5) is 7.95. The monoisotopic (exact) mass is 462 g/mol. The molecule has 0 amide bonds. The standard InChI is InChI=1S/C20H14F8N4/c21-15-3-1-11(7-13(15)19(23,24)25)9-30-17-5-6-29-18(32-17)31-10-12-2-4-16(22)14(8-12)20(26,27)28/h1-8H,9-10H2,(H2,29,30,31,32). The summed E-state index contributed by atoms with van der Waals surface area (Å²) >= 11 is 0. The number of aromatic nitrogens is 2. The van der Waals surface area contributed by atoms with Gasteiger partial charge in [0.25, 0.3) is 0 Å². The highest BCUT2D eigenvalue weighted by Gasteiger charge is 2.35. The molecule has 0 aliphatic heterocycles. The predicted molar refractivity (Wildman–Crippen MR) is 99.5 cm³/mol. The van der Waals surface area contributed by atoms with Gasteiger partial charge in [0.15, 0.2) is 0 Å². The Morgan fingerprint density at radius 3 is 1.69 bits per heavy atom. The largest absolute Gasteiger partial charge is 0.419 e. The molecule has 3 rings (SSSR count). The molecule has 2 aromatic carbocycles. The van der Waals surface area contributed by atoms with Crippen LogP contribution in [0.1, 0.15) is 22.3 Å². The third-order valence-electron chi connectivity index (χ3n) is 4.25. The number of hydrogen-bond acceptors (Lipinski definition) is 4. The van der Waals surface area contributed by atoms with Gasteiger partial charge in [-0.15, -0.1) is 0 Å². The molecule has 1 aromatic heterocycles. The zero-order valence-electron chi connectivity index (χ0n) is 16.0. The van der Waals surface area contributed by atoms with Gasteiger partial charge >= 0.3 is 12.4 Å². The van der Waals surface area contributed by atoms with Crippen molar-refractivity contribution in [2.45, 2.75) is 25.4 Å². The van der Waals surface area contributed by atoms with Gasteiger partial charge in [0.2, 0.25) is 5.95 Å². The Bertz CT molecular complexity index is 1010. The average Bonchev–Trinajstić information content (AvgIpc) is 2.71. The summed E-state index contributed by atoms with van der Waals surface area (Å²) in [5, 5.41) is 5.44. The number of nitrogens with one attached hydrogen (secondary N) is 2. The highest BCUT2D eigenvalue weighted by Crippen LogP contribution is 2.33. The fraction of sp³-hybridized carbons (Fsp3) is 0.200. The van der Waals surface area contributed by atoms with Crippen LogP contribution in [-0.2, 0) is 25.4 Å². The molecule has 4 nitrogen and oxygen atoms in total. The average molecular weight is 462 g/mol. The maximum absolute atomic E-state index is 13.4. The Labute approximate surface area is 176 Å². The molecule has 32 heavy (non-hydrogen) atoms. The first-order valence-electron chi connectivity index (χ1n) is 8.95. The lowest BCUT2D eigenvalue weighted by molar-refractivity contribution is -0.140. The van der Waals surface area contributed by atoms with E-state index in [1.54, 1.807) is 0 Å². The van der Waals surface area contributed by atoms with Gasteiger partial charge in [-0.05, 0) is 41.5 Å². The molecule has 0 radical (unpaired) electrons. The number of hydrogen-bond donors (Lipinski definition) is 2. The summed E-state index contributed by atoms with van der Waals surface area (Å²) in [6.07, 6.45) is -8.36. The Morgan fingerprint density at radius 1 is 0.688 bits per heavy atom. The Balaban J connectivity index is 1.66. The zero-order valence-corrected chi connectivity index (χ0v) is 16.0. The first-order valence-corrected chi connectivity index (χ1v) is 8.95. The van der Waals surface area contributed by atoms with Crippen LogP contribution in [0.3, 0.4) is 0 Å². The van der Waals surface area contributed by atoms with E-state index >= 15 is 0 Å². The van der Waals surface area contributed by atoms with Crippen molar-refractivity contribution in [2.75, 3.05) is 10.6 Å². The lowest BCUT2D eigenvalue weighted by Gasteiger charge is -2.12. The van der Waals surface area contributed by atoms with Crippen LogP contribution in [-0.4, -0.2) is 9.97 Å². The van der Waals surface area contributed by atoms with E-state index in [0.29, 0.717) is 24.3 Å². The molecule has 0 atom stereocenters. The summed E-state index contributed by atoms with van der Waals surface area (Å²) in [5.41, 5.74) is -2.51. The number of nitrogens with zero attached hydrogens (tertiary/aromatic N) is 2. The highest BCUT2D eigenvalue weighted by molar-refractivity contribution is 5.41. The van der Waals surface area contributed by atoms with E-state index in [2.05, 4.69) is 20.6 Å². The van der Waals surface area contributed by atoms with Crippen LogP contribution in [0.2, 0.25) is 0 Å². The molecule has 0 spiro atoms. The van der Waals surface area contributed by atoms with Crippen LogP contribution in [0.4, 0.5) is 46.9 Å². The summed E-state index contributed by atoms with van der Waals surface area (Å²) in [5.74, 6) is -2.55. The van der Waals surface area contributed by atoms with Crippen molar-refractivity contribution >= 4 is 11.8 Å². The normalized spacial score (nSPS) is 12.0. The van der Waals surface area contributed by atoms with Crippen LogP contribution in [0, 0.1) is 11.6 Å². The quantitative estimate of drug-likeness (QED) is 0.440. The van der Waals surface area contributed by atoms with Gasteiger partial charge in [-0.25, -0.2) is 13.8 Å². The molecule has 1 heterocycles. The van der Waals surface area contributed by atoms with E-state index in [0.717, 1.165) is 0 Å². The topological polar surface area (TPSA) is 49.8 Å². The van der Waals surface area contributed by atoms with Crippen LogP contribution < -0.4 is 10.6 Å². The SMILES string of the molecule is Fc1ccc(CNc2ccnc(NCc3ccc(F)c(C(F)(F)F)c3)n2)cc1C(F)(F)F. The molecule has 3 aromatic rings. The van der Waals surface area contributed by atoms with Crippen LogP contribution in [0.25, 0.3) is 0 Å². The van der Waals surface area contributed by atoms with Crippen LogP contribution in [0.5, 0.6) is 0 Å². The van der Waals surface area contributed by atoms with E-state index in [9.17, 15) is 35.1 Å². The minimum atomic E-state index is -4.84. The van der Waals surface area contributed by atoms with Gasteiger partial charge < -0.3 is 10.6 Å². The summed E-state index contributed by atoms with van der Waals surface area (Å²) in [7, 11) is 0. The van der Waals surface area contributed by atoms with Crippen molar-refractivity contribution < 1.29 is 35.1 Å². The predicted octanol–water partition coefficient (Wildman–Crippen LogP) is 6.02. The van der Waals surface area contributed by atoms with Gasteiger partial charge in [0.05, 0.1) is 11.1 Å². The van der Waals surface area contributed by atoms with E-state index in [1.807, 2.05) is 0 Å². The molecule has 0 aliphatic carbocycles. The Morgan fingerprint density at radius 2 is 1.19 bits per heavy atom. The molecular formula is C20H14F8N4. The number of rotatable bonds is 6. The lowest BCUT2D eigenvalue weighted by atomic mass is 10.1. The Hall–Kier alpha value is -3.44. The molecule has 0 saturated heterocycles. The number of anilines is 2. The minimum absolute atomic E-state index is 0.0166. The van der Waals surface area contributed by atoms with Gasteiger partial charge in [-0.1, -0.05) is 12.1 Å². The molecule has 2 N–H and O–H groups in total. The van der Waals surface area contributed by atoms with E-state index in [1.165, 1.54) is 24.4 Å². The minimum Gasteiger partial charge on any atom is -0.366 e. The van der Waals surface area contributed by atoms with Gasteiger partial charge in [0, 0.05) is 19.3 Å². The lowest BCUT2D eigenvalue weighted by Crippen LogP contribution is -2.11. The highest BCUT2D eigenvalue weighted by atomic mass is 19.4. The third kappa shape index (κ3) is 5.83. The van der Waals surface area contributed by atoms with Gasteiger partial charge in [-0.3, -0.25) is 0 Å². The fourth-order valence-corrected chi connectivity index (χ4v) is 2.72. The first kappa shape index (κ1) is 23.2. The zero-order chi connectivity index (χ0) is 23.5. The van der Waals surface area contributed by atoms with Crippen molar-refractivity contribution in [1.82, 2.24) is 9.97 Å². The molecule has 0 bridgehead atoms. The Kier molecular flexibility index (Phi) is 6.51. The number of benzene rings is 2. The molecule has 170 valence electrons. The third-order valence-corrected chi connectivity index (χ3v) is 4.25. The van der Waals surface area contributed by atoms with Gasteiger partial charge in [-0.2, -0.15) is 31.3 Å². The molecular weight excluding hydrogens is 448 g/mol. The first-order chi connectivity index (χ1) is 14.9. The molecule has 0 fully saturated rings. The van der Waals surface area contributed by atoms with Crippen LogP contribution in [0.15, 0.2) is 48.7 Å². The molecule has 0 saturated carbocycles. The second-order valence-electron chi connectivity index (χ2n) is 6.60. The fourth-order valence-electron chi connectivity index (χ4n) is 2.72. The van der Waals surface area contributed by atoms with E-state index < -0.39 is 35.1 Å². The van der Waals surface area contributed by atoms with Gasteiger partial charge in [0.1, 0.15) is 17.5 Å². The van der Waals surface area contributed by atoms with E-state index in [-0.39, 0.29) is 36.0 Å². The maximum atomic E-state index is 13.4. The molecule has 0 aliphatic rings. The summed E-state index contributed by atoms with van der Waals surface area (Å²) in [6, 6.07) is 6.53. The molecule has 12 heteroatoms. The van der Waals surface area contributed by atoms with Crippen LogP contribution >= 0.6 is 0 Å². The molecule has 0 unspecified atom stereocenters. The van der Waals surface area contributed by atoms with E-state index in [4.69, 9.17) is 0 Å². The van der Waals surface area contributed by atoms with Crippen molar-refractivity contribution in [2.24, 2.45) is 0 Å². The number of alkyl halides is 6. The van der Waals surface area contributed by atoms with Crippen molar-refractivity contribution in [3.05, 3.63) is 82.5 Å². The second kappa shape index (κ2) is 8.97. The summed E-state index contributed by atoms with van der Waals surface area (Å²) in [6.45, 7) is -0.244. The van der Waals surface area contributed by atoms with Crippen molar-refractivity contribution in [1.29, 1.82) is 0 Å². The number of halogens is 8. The smallest absolute Gasteiger partial charge is 0.366 e. The second-order valence-corrected chi connectivity index (χ2v) is 6.60. The summed E-state index contributed by atoms with van der Waals surface area (Å²) < 4.78 is 104. The van der Waals surface area contributed by atoms with Crippen molar-refractivity contribution in [3.8, 4) is 0 Å². The van der Waals surface area contributed by atoms with Crippen molar-refractivity contribution in [3.63, 3.8) is 0 Å².